The maximum Gasteiger partial charge on any atom is 0.304 e. The summed E-state index contributed by atoms with van der Waals surface area (Å²) in [6.07, 6.45) is 0.158. The van der Waals surface area contributed by atoms with Crippen molar-refractivity contribution in [3.05, 3.63) is 29.8 Å². The number of carboxylic acid groups (broad SMARTS) is 1. The van der Waals surface area contributed by atoms with Crippen LogP contribution in [0.1, 0.15) is 12.0 Å². The smallest absolute Gasteiger partial charge is 0.304 e. The molecule has 4 nitrogen and oxygen atoms in total. The minimum atomic E-state index is -0.770. The van der Waals surface area contributed by atoms with E-state index in [0.29, 0.717) is 13.3 Å². The van der Waals surface area contributed by atoms with Crippen LogP contribution >= 0.6 is 0 Å². The van der Waals surface area contributed by atoms with Crippen LogP contribution in [0.4, 0.5) is 0 Å². The van der Waals surface area contributed by atoms with Crippen molar-refractivity contribution in [2.75, 3.05) is 13.3 Å². The number of para-hydroxylation sites is 1. The van der Waals surface area contributed by atoms with E-state index in [-0.39, 0.29) is 6.42 Å². The lowest BCUT2D eigenvalue weighted by molar-refractivity contribution is -0.137. The molecule has 1 aliphatic heterocycles. The van der Waals surface area contributed by atoms with Crippen LogP contribution in [0.15, 0.2) is 24.3 Å². The fourth-order valence-corrected chi connectivity index (χ4v) is 1.62. The van der Waals surface area contributed by atoms with Gasteiger partial charge in [0, 0.05) is 18.7 Å². The largest absolute Gasteiger partial charge is 0.481 e. The molecule has 1 aromatic carbocycles. The first-order valence-electron chi connectivity index (χ1n) is 4.90. The molecular weight excluding hydrogens is 194 g/mol. The van der Waals surface area contributed by atoms with E-state index in [1.54, 1.807) is 0 Å². The van der Waals surface area contributed by atoms with Crippen molar-refractivity contribution in [3.8, 4) is 5.75 Å². The summed E-state index contributed by atoms with van der Waals surface area (Å²) in [6.45, 7) is 1.78. The second kappa shape index (κ2) is 4.31. The average Bonchev–Trinajstić information content (AvgIpc) is 2.26. The van der Waals surface area contributed by atoms with Gasteiger partial charge in [0.2, 0.25) is 0 Å². The van der Waals surface area contributed by atoms with Gasteiger partial charge in [-0.1, -0.05) is 18.2 Å². The summed E-state index contributed by atoms with van der Waals surface area (Å²) in [4.78, 5) is 12.4. The highest BCUT2D eigenvalue weighted by atomic mass is 16.5. The first-order valence-corrected chi connectivity index (χ1v) is 4.90. The lowest BCUT2D eigenvalue weighted by Gasteiger charge is -2.28. The number of rotatable bonds is 3. The summed E-state index contributed by atoms with van der Waals surface area (Å²) in [6, 6.07) is 7.83. The number of benzene rings is 1. The number of aliphatic carboxylic acids is 1. The van der Waals surface area contributed by atoms with E-state index >= 15 is 0 Å². The van der Waals surface area contributed by atoms with Crippen LogP contribution in [0, 0.1) is 0 Å². The van der Waals surface area contributed by atoms with Crippen molar-refractivity contribution in [3.63, 3.8) is 0 Å². The van der Waals surface area contributed by atoms with Crippen LogP contribution in [0.25, 0.3) is 0 Å². The highest BCUT2D eigenvalue weighted by Crippen LogP contribution is 2.23. The maximum atomic E-state index is 10.4. The van der Waals surface area contributed by atoms with Crippen molar-refractivity contribution in [1.29, 1.82) is 0 Å². The van der Waals surface area contributed by atoms with Gasteiger partial charge in [-0.15, -0.1) is 0 Å². The molecule has 15 heavy (non-hydrogen) atoms. The van der Waals surface area contributed by atoms with Gasteiger partial charge in [0.25, 0.3) is 0 Å². The fraction of sp³-hybridized carbons (Fsp3) is 0.364. The van der Waals surface area contributed by atoms with Crippen molar-refractivity contribution >= 4 is 5.97 Å². The molecule has 1 N–H and O–H groups in total. The predicted molar refractivity (Wildman–Crippen MR) is 54.6 cm³/mol. The molecule has 2 rings (SSSR count). The minimum absolute atomic E-state index is 0.158. The SMILES string of the molecule is O=C(O)CCN1COc2ccccc2C1. The molecule has 0 aliphatic carbocycles. The lowest BCUT2D eigenvalue weighted by Crippen LogP contribution is -2.33. The Labute approximate surface area is 88.1 Å². The summed E-state index contributed by atoms with van der Waals surface area (Å²) in [5.41, 5.74) is 1.12. The first kappa shape index (κ1) is 9.98. The summed E-state index contributed by atoms with van der Waals surface area (Å²) in [5, 5.41) is 8.57. The third-order valence-electron chi connectivity index (χ3n) is 2.41. The molecule has 80 valence electrons. The van der Waals surface area contributed by atoms with Crippen molar-refractivity contribution in [2.45, 2.75) is 13.0 Å². The van der Waals surface area contributed by atoms with Crippen LogP contribution in [-0.2, 0) is 11.3 Å². The molecule has 0 saturated carbocycles. The van der Waals surface area contributed by atoms with Gasteiger partial charge in [-0.05, 0) is 6.07 Å². The second-order valence-corrected chi connectivity index (χ2v) is 3.58. The molecule has 4 heteroatoms. The van der Waals surface area contributed by atoms with Gasteiger partial charge in [-0.3, -0.25) is 9.69 Å². The zero-order chi connectivity index (χ0) is 10.7. The van der Waals surface area contributed by atoms with Crippen molar-refractivity contribution in [1.82, 2.24) is 4.90 Å². The van der Waals surface area contributed by atoms with E-state index in [1.807, 2.05) is 29.2 Å². The van der Waals surface area contributed by atoms with E-state index in [9.17, 15) is 4.79 Å². The third-order valence-corrected chi connectivity index (χ3v) is 2.41. The molecule has 0 saturated heterocycles. The molecule has 0 amide bonds. The quantitative estimate of drug-likeness (QED) is 0.812. The molecule has 1 heterocycles. The molecule has 0 radical (unpaired) electrons. The summed E-state index contributed by atoms with van der Waals surface area (Å²) in [7, 11) is 0. The van der Waals surface area contributed by atoms with Crippen LogP contribution in [0.2, 0.25) is 0 Å². The second-order valence-electron chi connectivity index (χ2n) is 3.58. The number of hydrogen-bond donors (Lipinski definition) is 1. The molecule has 0 bridgehead atoms. The summed E-state index contributed by atoms with van der Waals surface area (Å²) < 4.78 is 5.50. The molecule has 0 atom stereocenters. The highest BCUT2D eigenvalue weighted by Gasteiger charge is 2.16. The molecule has 0 unspecified atom stereocenters. The van der Waals surface area contributed by atoms with E-state index in [2.05, 4.69) is 0 Å². The molecular formula is C11H13NO3. The Balaban J connectivity index is 1.96. The van der Waals surface area contributed by atoms with Gasteiger partial charge in [-0.2, -0.15) is 0 Å². The highest BCUT2D eigenvalue weighted by molar-refractivity contribution is 5.66. The predicted octanol–water partition coefficient (Wildman–Crippen LogP) is 1.31. The Kier molecular flexibility index (Phi) is 2.87. The van der Waals surface area contributed by atoms with E-state index in [0.717, 1.165) is 17.9 Å². The Morgan fingerprint density at radius 2 is 2.27 bits per heavy atom. The van der Waals surface area contributed by atoms with Crippen LogP contribution < -0.4 is 4.74 Å². The normalized spacial score (nSPS) is 15.5. The maximum absolute atomic E-state index is 10.4. The zero-order valence-corrected chi connectivity index (χ0v) is 8.35. The Morgan fingerprint density at radius 1 is 1.47 bits per heavy atom. The molecule has 0 aromatic heterocycles. The minimum Gasteiger partial charge on any atom is -0.481 e. The van der Waals surface area contributed by atoms with Gasteiger partial charge < -0.3 is 9.84 Å². The molecule has 1 aromatic rings. The monoisotopic (exact) mass is 207 g/mol. The number of carbonyl (C=O) groups is 1. The Morgan fingerprint density at radius 3 is 3.07 bits per heavy atom. The zero-order valence-electron chi connectivity index (χ0n) is 8.35. The van der Waals surface area contributed by atoms with E-state index < -0.39 is 5.97 Å². The van der Waals surface area contributed by atoms with Gasteiger partial charge in [0.1, 0.15) is 12.5 Å². The molecule has 0 fully saturated rings. The van der Waals surface area contributed by atoms with Gasteiger partial charge in [-0.25, -0.2) is 0 Å². The average molecular weight is 207 g/mol. The molecule has 1 aliphatic rings. The van der Waals surface area contributed by atoms with Crippen LogP contribution in [0.5, 0.6) is 5.75 Å². The van der Waals surface area contributed by atoms with E-state index in [4.69, 9.17) is 9.84 Å². The Bertz CT molecular complexity index is 365. The number of fused-ring (bicyclic) bond motifs is 1. The molecule has 0 spiro atoms. The lowest BCUT2D eigenvalue weighted by atomic mass is 10.1. The summed E-state index contributed by atoms with van der Waals surface area (Å²) >= 11 is 0. The third kappa shape index (κ3) is 2.47. The van der Waals surface area contributed by atoms with Crippen LogP contribution in [-0.4, -0.2) is 29.3 Å². The van der Waals surface area contributed by atoms with Gasteiger partial charge >= 0.3 is 5.97 Å². The van der Waals surface area contributed by atoms with E-state index in [1.165, 1.54) is 0 Å². The summed E-state index contributed by atoms with van der Waals surface area (Å²) in [5.74, 6) is 0.137. The topological polar surface area (TPSA) is 49.8 Å². The van der Waals surface area contributed by atoms with Crippen molar-refractivity contribution < 1.29 is 14.6 Å². The van der Waals surface area contributed by atoms with Crippen LogP contribution in [0.3, 0.4) is 0 Å². The first-order chi connectivity index (χ1) is 7.25. The van der Waals surface area contributed by atoms with Gasteiger partial charge in [0.15, 0.2) is 0 Å². The number of hydrogen-bond acceptors (Lipinski definition) is 3. The number of nitrogens with zero attached hydrogens (tertiary/aromatic N) is 1. The van der Waals surface area contributed by atoms with Gasteiger partial charge in [0.05, 0.1) is 6.42 Å². The fourth-order valence-electron chi connectivity index (χ4n) is 1.62. The standard InChI is InChI=1S/C11H13NO3/c13-11(14)5-6-12-7-9-3-1-2-4-10(9)15-8-12/h1-4H,5-8H2,(H,13,14). The number of carboxylic acids is 1. The van der Waals surface area contributed by atoms with Crippen molar-refractivity contribution in [2.24, 2.45) is 0 Å². The Hall–Kier alpha value is -1.55. The number of ether oxygens (including phenoxy) is 1.